The Balaban J connectivity index is 1.35. The monoisotopic (exact) mass is 459 g/mol. The van der Waals surface area contributed by atoms with Crippen molar-refractivity contribution in [2.75, 3.05) is 20.2 Å². The van der Waals surface area contributed by atoms with Crippen LogP contribution in [0.3, 0.4) is 0 Å². The van der Waals surface area contributed by atoms with Crippen LogP contribution in [0.25, 0.3) is 0 Å². The molecule has 2 heterocycles. The summed E-state index contributed by atoms with van der Waals surface area (Å²) in [4.78, 5) is 38.4. The van der Waals surface area contributed by atoms with Crippen molar-refractivity contribution in [3.05, 3.63) is 65.2 Å². The third-order valence-electron chi connectivity index (χ3n) is 6.73. The third-order valence-corrected chi connectivity index (χ3v) is 6.73. The predicted octanol–water partition coefficient (Wildman–Crippen LogP) is 3.18. The van der Waals surface area contributed by atoms with Gasteiger partial charge in [0.1, 0.15) is 12.3 Å². The van der Waals surface area contributed by atoms with E-state index in [0.717, 1.165) is 35.2 Å². The molecule has 8 heteroatoms. The van der Waals surface area contributed by atoms with Crippen LogP contribution < -0.4 is 5.32 Å². The largest absolute Gasteiger partial charge is 0.385 e. The van der Waals surface area contributed by atoms with E-state index in [0.29, 0.717) is 30.8 Å². The van der Waals surface area contributed by atoms with Crippen LogP contribution in [0.4, 0.5) is 5.69 Å². The number of aliphatic imine (C=N–C) groups is 1. The molecule has 0 bridgehead atoms. The minimum atomic E-state index is -0.0938. The number of hydrogen-bond acceptors (Lipinski definition) is 6. The average Bonchev–Trinajstić information content (AvgIpc) is 3.24. The van der Waals surface area contributed by atoms with E-state index in [-0.39, 0.29) is 18.4 Å². The number of benzene rings is 2. The molecule has 1 N–H and O–H groups in total. The second-order valence-corrected chi connectivity index (χ2v) is 9.06. The Labute approximate surface area is 199 Å². The first-order valence-corrected chi connectivity index (χ1v) is 11.9. The minimum absolute atomic E-state index is 0.0467. The first kappa shape index (κ1) is 22.1. The molecule has 2 aliphatic heterocycles. The van der Waals surface area contributed by atoms with Gasteiger partial charge in [-0.3, -0.25) is 14.9 Å². The molecule has 0 unspecified atom stereocenters. The maximum Gasteiger partial charge on any atom is 0.263 e. The van der Waals surface area contributed by atoms with E-state index < -0.39 is 0 Å². The molecule has 2 aromatic carbocycles. The molecule has 5 rings (SSSR count). The summed E-state index contributed by atoms with van der Waals surface area (Å²) in [5.41, 5.74) is 4.26. The number of guanidine groups is 1. The molecule has 34 heavy (non-hydrogen) atoms. The average molecular weight is 460 g/mol. The second kappa shape index (κ2) is 9.67. The lowest BCUT2D eigenvalue weighted by Crippen LogP contribution is -2.40. The quantitative estimate of drug-likeness (QED) is 0.531. The lowest BCUT2D eigenvalue weighted by molar-refractivity contribution is -0.137. The number of likely N-dealkylation sites (N-methyl/N-ethyl adjacent to an activating group) is 1. The van der Waals surface area contributed by atoms with Crippen LogP contribution in [0.1, 0.15) is 48.8 Å². The Hall–Kier alpha value is -3.68. The van der Waals surface area contributed by atoms with Crippen LogP contribution in [0.15, 0.2) is 58.7 Å². The standard InChI is InChI=1S/C26H29N5O3/c1-30(21-10-6-3-7-11-21)24(33)17-34-29-25(18-8-4-2-5-9-18)19-12-13-22-20(14-19)15-31-16-23(32)28-26(31)27-22/h2,4-5,8-9,12-14,21H,3,6-7,10-11,15-17H2,1H3,(H,27,28,32)/b29-25-. The van der Waals surface area contributed by atoms with Gasteiger partial charge in [-0.2, -0.15) is 0 Å². The van der Waals surface area contributed by atoms with Crippen LogP contribution in [0, 0.1) is 0 Å². The fourth-order valence-corrected chi connectivity index (χ4v) is 4.80. The highest BCUT2D eigenvalue weighted by molar-refractivity contribution is 6.13. The van der Waals surface area contributed by atoms with Gasteiger partial charge >= 0.3 is 0 Å². The van der Waals surface area contributed by atoms with Crippen molar-refractivity contribution in [2.24, 2.45) is 10.1 Å². The summed E-state index contributed by atoms with van der Waals surface area (Å²) in [6, 6.07) is 16.0. The fraction of sp³-hybridized carbons (Fsp3) is 0.385. The van der Waals surface area contributed by atoms with Crippen molar-refractivity contribution in [3.63, 3.8) is 0 Å². The summed E-state index contributed by atoms with van der Waals surface area (Å²) in [7, 11) is 1.86. The Bertz CT molecular complexity index is 1140. The van der Waals surface area contributed by atoms with Gasteiger partial charge in [-0.05, 0) is 30.5 Å². The number of nitrogens with zero attached hydrogens (tertiary/aromatic N) is 4. The molecule has 2 aromatic rings. The van der Waals surface area contributed by atoms with Crippen LogP contribution in [-0.4, -0.2) is 59.5 Å². The first-order valence-electron chi connectivity index (χ1n) is 11.9. The molecule has 0 atom stereocenters. The highest BCUT2D eigenvalue weighted by atomic mass is 16.6. The van der Waals surface area contributed by atoms with Crippen molar-refractivity contribution in [1.82, 2.24) is 15.1 Å². The Morgan fingerprint density at radius 2 is 1.91 bits per heavy atom. The summed E-state index contributed by atoms with van der Waals surface area (Å²) in [5.74, 6) is 0.502. The van der Waals surface area contributed by atoms with Gasteiger partial charge in [0.15, 0.2) is 6.61 Å². The molecular weight excluding hydrogens is 430 g/mol. The van der Waals surface area contributed by atoms with E-state index in [2.05, 4.69) is 15.5 Å². The van der Waals surface area contributed by atoms with Gasteiger partial charge in [0.2, 0.25) is 11.9 Å². The van der Waals surface area contributed by atoms with E-state index in [1.165, 1.54) is 19.3 Å². The van der Waals surface area contributed by atoms with Crippen LogP contribution >= 0.6 is 0 Å². The number of oxime groups is 1. The number of fused-ring (bicyclic) bond motifs is 2. The van der Waals surface area contributed by atoms with Gasteiger partial charge < -0.3 is 14.6 Å². The Morgan fingerprint density at radius 3 is 2.71 bits per heavy atom. The molecule has 1 saturated carbocycles. The molecule has 0 spiro atoms. The molecule has 0 aromatic heterocycles. The number of amides is 2. The fourth-order valence-electron chi connectivity index (χ4n) is 4.80. The van der Waals surface area contributed by atoms with Crippen molar-refractivity contribution in [1.29, 1.82) is 0 Å². The third kappa shape index (κ3) is 4.66. The van der Waals surface area contributed by atoms with Crippen molar-refractivity contribution < 1.29 is 14.4 Å². The maximum absolute atomic E-state index is 12.7. The van der Waals surface area contributed by atoms with E-state index in [1.807, 2.05) is 65.4 Å². The van der Waals surface area contributed by atoms with Gasteiger partial charge in [0, 0.05) is 30.8 Å². The number of hydrogen-bond donors (Lipinski definition) is 1. The molecular formula is C26H29N5O3. The maximum atomic E-state index is 12.7. The highest BCUT2D eigenvalue weighted by Gasteiger charge is 2.29. The summed E-state index contributed by atoms with van der Waals surface area (Å²) in [6.07, 6.45) is 5.70. The van der Waals surface area contributed by atoms with Crippen LogP contribution in [-0.2, 0) is 21.0 Å². The SMILES string of the molecule is CN(C(=O)CO/N=C(/c1ccccc1)c1ccc2c(c1)CN1CC(=O)NC1=N2)C1CCCCC1. The predicted molar refractivity (Wildman–Crippen MR) is 130 cm³/mol. The molecule has 1 saturated heterocycles. The van der Waals surface area contributed by atoms with Gasteiger partial charge in [0.25, 0.3) is 5.91 Å². The lowest BCUT2D eigenvalue weighted by atomic mass is 9.94. The van der Waals surface area contributed by atoms with E-state index in [1.54, 1.807) is 0 Å². The number of nitrogens with one attached hydrogen (secondary N) is 1. The Kier molecular flexibility index (Phi) is 6.29. The zero-order chi connectivity index (χ0) is 23.5. The summed E-state index contributed by atoms with van der Waals surface area (Å²) < 4.78 is 0. The zero-order valence-electron chi connectivity index (χ0n) is 19.4. The molecule has 1 aliphatic carbocycles. The van der Waals surface area contributed by atoms with Crippen LogP contribution in [0.2, 0.25) is 0 Å². The van der Waals surface area contributed by atoms with Gasteiger partial charge in [-0.1, -0.05) is 60.8 Å². The van der Waals surface area contributed by atoms with Crippen molar-refractivity contribution >= 4 is 29.2 Å². The molecule has 2 amide bonds. The molecule has 8 nitrogen and oxygen atoms in total. The van der Waals surface area contributed by atoms with Crippen molar-refractivity contribution in [3.8, 4) is 0 Å². The first-order chi connectivity index (χ1) is 16.6. The molecule has 0 radical (unpaired) electrons. The number of rotatable bonds is 6. The zero-order valence-corrected chi connectivity index (χ0v) is 19.4. The topological polar surface area (TPSA) is 86.6 Å². The normalized spacial score (nSPS) is 18.0. The lowest BCUT2D eigenvalue weighted by Gasteiger charge is -2.30. The molecule has 176 valence electrons. The molecule has 2 fully saturated rings. The smallest absolute Gasteiger partial charge is 0.263 e. The van der Waals surface area contributed by atoms with Gasteiger partial charge in [-0.15, -0.1) is 0 Å². The van der Waals surface area contributed by atoms with Gasteiger partial charge in [-0.25, -0.2) is 4.99 Å². The number of carbonyl (C=O) groups excluding carboxylic acids is 2. The van der Waals surface area contributed by atoms with Crippen LogP contribution in [0.5, 0.6) is 0 Å². The second-order valence-electron chi connectivity index (χ2n) is 9.06. The summed E-state index contributed by atoms with van der Waals surface area (Å²) in [5, 5.41) is 7.20. The Morgan fingerprint density at radius 1 is 1.12 bits per heavy atom. The van der Waals surface area contributed by atoms with E-state index >= 15 is 0 Å². The minimum Gasteiger partial charge on any atom is -0.385 e. The van der Waals surface area contributed by atoms with E-state index in [9.17, 15) is 9.59 Å². The summed E-state index contributed by atoms with van der Waals surface area (Å²) >= 11 is 0. The van der Waals surface area contributed by atoms with Gasteiger partial charge in [0.05, 0.1) is 5.69 Å². The van der Waals surface area contributed by atoms with Crippen molar-refractivity contribution in [2.45, 2.75) is 44.7 Å². The number of carbonyl (C=O) groups is 2. The van der Waals surface area contributed by atoms with E-state index in [4.69, 9.17) is 4.84 Å². The summed E-state index contributed by atoms with van der Waals surface area (Å²) in [6.45, 7) is 0.805. The highest BCUT2D eigenvalue weighted by Crippen LogP contribution is 2.29. The molecule has 3 aliphatic rings.